The minimum Gasteiger partial charge on any atom is -0.338 e. The smallest absolute Gasteiger partial charge is 0.255 e. The van der Waals surface area contributed by atoms with Gasteiger partial charge in [0.25, 0.3) is 5.91 Å². The highest BCUT2D eigenvalue weighted by Gasteiger charge is 2.30. The number of amides is 2. The van der Waals surface area contributed by atoms with Crippen LogP contribution in [0.2, 0.25) is 5.02 Å². The number of rotatable bonds is 4. The number of hydrogen-bond acceptors (Lipinski definition) is 4. The van der Waals surface area contributed by atoms with Gasteiger partial charge in [-0.25, -0.2) is 4.98 Å². The molecule has 0 spiro atoms. The maximum Gasteiger partial charge on any atom is 0.255 e. The Kier molecular flexibility index (Phi) is 6.39. The van der Waals surface area contributed by atoms with Crippen LogP contribution in [-0.2, 0) is 4.79 Å². The summed E-state index contributed by atoms with van der Waals surface area (Å²) in [7, 11) is 0. The molecule has 1 aromatic heterocycles. The third kappa shape index (κ3) is 4.82. The Labute approximate surface area is 168 Å². The molecule has 0 saturated carbocycles. The molecule has 5 nitrogen and oxygen atoms in total. The molecule has 7 heteroatoms. The van der Waals surface area contributed by atoms with Crippen LogP contribution in [0.3, 0.4) is 0 Å². The molecule has 0 radical (unpaired) electrons. The normalized spacial score (nSPS) is 16.9. The predicted octanol–water partition coefficient (Wildman–Crippen LogP) is 4.26. The van der Waals surface area contributed by atoms with Gasteiger partial charge in [-0.15, -0.1) is 11.8 Å². The third-order valence-electron chi connectivity index (χ3n) is 4.65. The van der Waals surface area contributed by atoms with Crippen molar-refractivity contribution in [2.75, 3.05) is 24.7 Å². The van der Waals surface area contributed by atoms with Crippen LogP contribution in [0.4, 0.5) is 5.82 Å². The Morgan fingerprint density at radius 2 is 2.11 bits per heavy atom. The van der Waals surface area contributed by atoms with E-state index in [2.05, 4.69) is 10.3 Å². The van der Waals surface area contributed by atoms with Crippen LogP contribution in [0, 0.1) is 12.8 Å². The van der Waals surface area contributed by atoms with E-state index in [1.165, 1.54) is 0 Å². The largest absolute Gasteiger partial charge is 0.338 e. The number of nitrogens with one attached hydrogen (secondary N) is 1. The molecule has 1 saturated heterocycles. The van der Waals surface area contributed by atoms with Crippen LogP contribution in [0.5, 0.6) is 0 Å². The summed E-state index contributed by atoms with van der Waals surface area (Å²) in [4.78, 5) is 32.5. The van der Waals surface area contributed by atoms with Gasteiger partial charge in [0.05, 0.1) is 16.5 Å². The summed E-state index contributed by atoms with van der Waals surface area (Å²) in [6.45, 7) is 2.96. The highest BCUT2D eigenvalue weighted by Crippen LogP contribution is 2.26. The number of aromatic nitrogens is 1. The second-order valence-electron chi connectivity index (χ2n) is 6.65. The minimum atomic E-state index is -0.256. The van der Waals surface area contributed by atoms with Crippen molar-refractivity contribution in [3.63, 3.8) is 0 Å². The predicted molar refractivity (Wildman–Crippen MR) is 109 cm³/mol. The van der Waals surface area contributed by atoms with Crippen molar-refractivity contribution in [1.29, 1.82) is 0 Å². The molecule has 1 unspecified atom stereocenters. The zero-order valence-corrected chi connectivity index (χ0v) is 16.9. The van der Waals surface area contributed by atoms with Crippen molar-refractivity contribution in [3.8, 4) is 0 Å². The SMILES string of the molecule is CSc1ccc(Cl)c(C(=O)N2CCCC(C(=O)Nc3ccc(C)cn3)C2)c1. The number of anilines is 1. The number of thioether (sulfide) groups is 1. The number of aryl methyl sites for hydroxylation is 1. The lowest BCUT2D eigenvalue weighted by molar-refractivity contribution is -0.121. The number of likely N-dealkylation sites (tertiary alicyclic amines) is 1. The summed E-state index contributed by atoms with van der Waals surface area (Å²) < 4.78 is 0. The Hall–Kier alpha value is -2.05. The Morgan fingerprint density at radius 3 is 2.81 bits per heavy atom. The summed E-state index contributed by atoms with van der Waals surface area (Å²) >= 11 is 7.80. The van der Waals surface area contributed by atoms with Crippen molar-refractivity contribution in [3.05, 3.63) is 52.7 Å². The molecule has 0 aliphatic carbocycles. The first-order valence-corrected chi connectivity index (χ1v) is 10.4. The minimum absolute atomic E-state index is 0.104. The van der Waals surface area contributed by atoms with E-state index >= 15 is 0 Å². The maximum atomic E-state index is 12.9. The zero-order chi connectivity index (χ0) is 19.4. The van der Waals surface area contributed by atoms with Crippen molar-refractivity contribution in [2.45, 2.75) is 24.7 Å². The molecule has 2 heterocycles. The van der Waals surface area contributed by atoms with Gasteiger partial charge < -0.3 is 10.2 Å². The fourth-order valence-corrected chi connectivity index (χ4v) is 3.75. The molecule has 1 aliphatic heterocycles. The van der Waals surface area contributed by atoms with Gasteiger partial charge in [-0.2, -0.15) is 0 Å². The molecular formula is C20H22ClN3O2S. The topological polar surface area (TPSA) is 62.3 Å². The molecule has 2 aromatic rings. The van der Waals surface area contributed by atoms with Gasteiger partial charge in [0.1, 0.15) is 5.82 Å². The van der Waals surface area contributed by atoms with Crippen LogP contribution in [0.25, 0.3) is 0 Å². The number of pyridine rings is 1. The lowest BCUT2D eigenvalue weighted by atomic mass is 9.96. The van der Waals surface area contributed by atoms with Gasteiger partial charge in [-0.3, -0.25) is 9.59 Å². The summed E-state index contributed by atoms with van der Waals surface area (Å²) in [6.07, 6.45) is 5.20. The molecule has 1 aromatic carbocycles. The van der Waals surface area contributed by atoms with Crippen LogP contribution >= 0.6 is 23.4 Å². The second kappa shape index (κ2) is 8.76. The molecule has 27 heavy (non-hydrogen) atoms. The van der Waals surface area contributed by atoms with Gasteiger partial charge in [0.2, 0.25) is 5.91 Å². The number of carbonyl (C=O) groups excluding carboxylic acids is 2. The summed E-state index contributed by atoms with van der Waals surface area (Å²) in [5.41, 5.74) is 1.52. The third-order valence-corrected chi connectivity index (χ3v) is 5.70. The highest BCUT2D eigenvalue weighted by molar-refractivity contribution is 7.98. The molecule has 142 valence electrons. The van der Waals surface area contributed by atoms with Gasteiger partial charge in [0.15, 0.2) is 0 Å². The molecule has 2 amide bonds. The quantitative estimate of drug-likeness (QED) is 0.775. The molecule has 1 aliphatic rings. The van der Waals surface area contributed by atoms with E-state index < -0.39 is 0 Å². The van der Waals surface area contributed by atoms with Crippen LogP contribution < -0.4 is 5.32 Å². The number of carbonyl (C=O) groups is 2. The molecule has 3 rings (SSSR count). The number of hydrogen-bond donors (Lipinski definition) is 1. The van der Waals surface area contributed by atoms with Crippen molar-refractivity contribution in [2.24, 2.45) is 5.92 Å². The van der Waals surface area contributed by atoms with E-state index in [4.69, 9.17) is 11.6 Å². The average Bonchev–Trinajstić information content (AvgIpc) is 2.69. The zero-order valence-electron chi connectivity index (χ0n) is 15.4. The van der Waals surface area contributed by atoms with Gasteiger partial charge >= 0.3 is 0 Å². The van der Waals surface area contributed by atoms with E-state index in [0.717, 1.165) is 23.3 Å². The Balaban J connectivity index is 1.69. The molecule has 0 bridgehead atoms. The van der Waals surface area contributed by atoms with Crippen LogP contribution in [0.1, 0.15) is 28.8 Å². The van der Waals surface area contributed by atoms with E-state index in [0.29, 0.717) is 29.5 Å². The van der Waals surface area contributed by atoms with Gasteiger partial charge in [-0.1, -0.05) is 17.7 Å². The fraction of sp³-hybridized carbons (Fsp3) is 0.350. The maximum absolute atomic E-state index is 12.9. The van der Waals surface area contributed by atoms with Crippen LogP contribution in [0.15, 0.2) is 41.4 Å². The molecule has 1 fully saturated rings. The van der Waals surface area contributed by atoms with E-state index in [9.17, 15) is 9.59 Å². The molecule has 1 atom stereocenters. The Bertz CT molecular complexity index is 842. The lowest BCUT2D eigenvalue weighted by Gasteiger charge is -2.32. The van der Waals surface area contributed by atoms with Gasteiger partial charge in [0, 0.05) is 24.2 Å². The molecule has 1 N–H and O–H groups in total. The highest BCUT2D eigenvalue weighted by atomic mass is 35.5. The average molecular weight is 404 g/mol. The summed E-state index contributed by atoms with van der Waals surface area (Å²) in [5.74, 6) is 0.0488. The number of halogens is 1. The number of nitrogens with zero attached hydrogens (tertiary/aromatic N) is 2. The van der Waals surface area contributed by atoms with E-state index in [1.54, 1.807) is 35.0 Å². The fourth-order valence-electron chi connectivity index (χ4n) is 3.11. The standard InChI is InChI=1S/C20H22ClN3O2S/c1-13-5-8-18(22-11-13)23-19(25)14-4-3-9-24(12-14)20(26)16-10-15(27-2)6-7-17(16)21/h5-8,10-11,14H,3-4,9,12H2,1-2H3,(H,22,23,25). The van der Waals surface area contributed by atoms with Crippen molar-refractivity contribution >= 4 is 41.0 Å². The van der Waals surface area contributed by atoms with E-state index in [1.807, 2.05) is 31.4 Å². The van der Waals surface area contributed by atoms with Gasteiger partial charge in [-0.05, 0) is 55.9 Å². The van der Waals surface area contributed by atoms with E-state index in [-0.39, 0.29) is 17.7 Å². The van der Waals surface area contributed by atoms with Crippen LogP contribution in [-0.4, -0.2) is 41.0 Å². The monoisotopic (exact) mass is 403 g/mol. The Morgan fingerprint density at radius 1 is 1.30 bits per heavy atom. The number of benzene rings is 1. The summed E-state index contributed by atoms with van der Waals surface area (Å²) in [5, 5.41) is 3.29. The molecular weight excluding hydrogens is 382 g/mol. The van der Waals surface area contributed by atoms with Crippen molar-refractivity contribution < 1.29 is 9.59 Å². The number of piperidine rings is 1. The first kappa shape index (κ1) is 19.7. The lowest BCUT2D eigenvalue weighted by Crippen LogP contribution is -2.43. The van der Waals surface area contributed by atoms with Crippen molar-refractivity contribution in [1.82, 2.24) is 9.88 Å². The second-order valence-corrected chi connectivity index (χ2v) is 7.93. The summed E-state index contributed by atoms with van der Waals surface area (Å²) in [6, 6.07) is 9.14. The first-order chi connectivity index (χ1) is 13.0. The first-order valence-electron chi connectivity index (χ1n) is 8.84.